The van der Waals surface area contributed by atoms with Crippen LogP contribution in [0.15, 0.2) is 39.8 Å². The van der Waals surface area contributed by atoms with Crippen molar-refractivity contribution in [1.82, 2.24) is 15.0 Å². The molecule has 0 aliphatic carbocycles. The number of nitrogens with zero attached hydrogens (tertiary/aromatic N) is 5. The van der Waals surface area contributed by atoms with Gasteiger partial charge in [-0.2, -0.15) is 0 Å². The van der Waals surface area contributed by atoms with Crippen molar-refractivity contribution in [2.75, 3.05) is 20.6 Å². The molecule has 1 fully saturated rings. The molecule has 4 rings (SSSR count). The molecule has 0 N–H and O–H groups in total. The van der Waals surface area contributed by atoms with Crippen molar-refractivity contribution in [3.8, 4) is 11.3 Å². The van der Waals surface area contributed by atoms with Gasteiger partial charge < -0.3 is 9.26 Å². The number of aliphatic imine (C=N–C) groups is 1. The number of halogens is 1. The van der Waals surface area contributed by atoms with E-state index in [2.05, 4.69) is 10.1 Å². The Balaban J connectivity index is 1.35. The van der Waals surface area contributed by atoms with E-state index in [0.717, 1.165) is 10.5 Å². The lowest BCUT2D eigenvalue weighted by molar-refractivity contribution is -0.521. The van der Waals surface area contributed by atoms with Gasteiger partial charge in [-0.3, -0.25) is 14.6 Å². The highest BCUT2D eigenvalue weighted by Gasteiger charge is 2.50. The lowest BCUT2D eigenvalue weighted by atomic mass is 10.1. The number of rotatable bonds is 5. The first kappa shape index (κ1) is 19.8. The predicted octanol–water partition coefficient (Wildman–Crippen LogP) is 1.38. The van der Waals surface area contributed by atoms with Crippen LogP contribution in [0.25, 0.3) is 11.3 Å². The highest BCUT2D eigenvalue weighted by Crippen LogP contribution is 2.22. The topological polar surface area (TPSA) is 108 Å². The number of hydrogen-bond acceptors (Lipinski definition) is 7. The molecule has 1 unspecified atom stereocenters. The average molecular weight is 431 g/mol. The third-order valence-electron chi connectivity index (χ3n) is 4.78. The molecular weight excluding hydrogens is 414 g/mol. The fourth-order valence-electron chi connectivity index (χ4n) is 3.15. The highest BCUT2D eigenvalue weighted by atomic mass is 35.5. The normalized spacial score (nSPS) is 18.3. The van der Waals surface area contributed by atoms with Gasteiger partial charge in [0.1, 0.15) is 12.3 Å². The summed E-state index contributed by atoms with van der Waals surface area (Å²) in [6.07, 6.45) is 1.36. The summed E-state index contributed by atoms with van der Waals surface area (Å²) < 4.78 is 11.9. The summed E-state index contributed by atoms with van der Waals surface area (Å²) in [6, 6.07) is 7.40. The van der Waals surface area contributed by atoms with Crippen molar-refractivity contribution in [3.63, 3.8) is 0 Å². The SMILES string of the molecule is CN1C(=O)C2C(=NC=[N+]2CC(=O)OCc2cc(-c3ccc(Cl)cc3)on2)N(C)C1=O. The molecule has 30 heavy (non-hydrogen) atoms. The van der Waals surface area contributed by atoms with Gasteiger partial charge >= 0.3 is 12.0 Å². The van der Waals surface area contributed by atoms with Gasteiger partial charge in [0.15, 0.2) is 12.3 Å². The first-order valence-electron chi connectivity index (χ1n) is 8.94. The largest absolute Gasteiger partial charge is 0.456 e. The Morgan fingerprint density at radius 1 is 1.23 bits per heavy atom. The molecule has 154 valence electrons. The summed E-state index contributed by atoms with van der Waals surface area (Å²) >= 11 is 5.87. The van der Waals surface area contributed by atoms with E-state index in [-0.39, 0.29) is 19.0 Å². The van der Waals surface area contributed by atoms with Gasteiger partial charge in [0, 0.05) is 30.7 Å². The molecule has 1 aromatic carbocycles. The minimum absolute atomic E-state index is 0.0889. The summed E-state index contributed by atoms with van der Waals surface area (Å²) in [5.41, 5.74) is 1.23. The molecule has 1 saturated heterocycles. The third kappa shape index (κ3) is 3.57. The van der Waals surface area contributed by atoms with E-state index in [9.17, 15) is 14.4 Å². The fraction of sp³-hybridized carbons (Fsp3) is 0.263. The summed E-state index contributed by atoms with van der Waals surface area (Å²) in [5, 5.41) is 4.50. The zero-order valence-corrected chi connectivity index (χ0v) is 16.9. The van der Waals surface area contributed by atoms with Gasteiger partial charge in [-0.1, -0.05) is 16.8 Å². The maximum atomic E-state index is 12.4. The molecule has 1 aromatic heterocycles. The smallest absolute Gasteiger partial charge is 0.348 e. The van der Waals surface area contributed by atoms with Crippen LogP contribution < -0.4 is 0 Å². The van der Waals surface area contributed by atoms with Crippen LogP contribution in [0.2, 0.25) is 5.02 Å². The number of likely N-dealkylation sites (N-methyl/N-ethyl adjacent to an activating group) is 2. The van der Waals surface area contributed by atoms with Gasteiger partial charge in [-0.15, -0.1) is 0 Å². The first-order valence-corrected chi connectivity index (χ1v) is 9.32. The number of urea groups is 1. The number of imide groups is 1. The number of esters is 1. The lowest BCUT2D eigenvalue weighted by Gasteiger charge is -2.30. The van der Waals surface area contributed by atoms with Gasteiger partial charge in [-0.05, 0) is 29.3 Å². The van der Waals surface area contributed by atoms with E-state index in [1.54, 1.807) is 30.3 Å². The Bertz CT molecular complexity index is 1090. The van der Waals surface area contributed by atoms with Gasteiger partial charge in [0.05, 0.1) is 0 Å². The summed E-state index contributed by atoms with van der Waals surface area (Å²) in [4.78, 5) is 43.1. The van der Waals surface area contributed by atoms with Crippen molar-refractivity contribution < 1.29 is 28.2 Å². The molecule has 11 heteroatoms. The van der Waals surface area contributed by atoms with E-state index in [1.165, 1.54) is 29.9 Å². The van der Waals surface area contributed by atoms with Crippen molar-refractivity contribution >= 4 is 41.7 Å². The summed E-state index contributed by atoms with van der Waals surface area (Å²) in [6.45, 7) is -0.296. The quantitative estimate of drug-likeness (QED) is 0.523. The molecule has 2 aromatic rings. The van der Waals surface area contributed by atoms with Crippen LogP contribution >= 0.6 is 11.6 Å². The zero-order valence-electron chi connectivity index (χ0n) is 16.1. The number of amides is 3. The molecule has 0 saturated carbocycles. The monoisotopic (exact) mass is 430 g/mol. The van der Waals surface area contributed by atoms with Crippen molar-refractivity contribution in [3.05, 3.63) is 41.0 Å². The number of fused-ring (bicyclic) bond motifs is 1. The lowest BCUT2D eigenvalue weighted by Crippen LogP contribution is -2.61. The summed E-state index contributed by atoms with van der Waals surface area (Å²) in [5.74, 6) is -0.233. The zero-order chi connectivity index (χ0) is 21.4. The number of hydrogen-bond donors (Lipinski definition) is 0. The van der Waals surface area contributed by atoms with Gasteiger partial charge in [-0.25, -0.2) is 14.2 Å². The van der Waals surface area contributed by atoms with Crippen molar-refractivity contribution in [2.24, 2.45) is 4.99 Å². The average Bonchev–Trinajstić information content (AvgIpc) is 3.37. The highest BCUT2D eigenvalue weighted by molar-refractivity contribution is 6.30. The molecule has 10 nitrogen and oxygen atoms in total. The Labute approximate surface area is 176 Å². The molecule has 0 radical (unpaired) electrons. The number of carbonyl (C=O) groups excluding carboxylic acids is 3. The number of carbonyl (C=O) groups is 3. The van der Waals surface area contributed by atoms with E-state index in [4.69, 9.17) is 20.9 Å². The second-order valence-electron chi connectivity index (χ2n) is 6.77. The van der Waals surface area contributed by atoms with Crippen molar-refractivity contribution in [2.45, 2.75) is 12.6 Å². The Hall–Kier alpha value is -3.53. The Morgan fingerprint density at radius 3 is 2.70 bits per heavy atom. The number of benzene rings is 1. The molecule has 3 heterocycles. The predicted molar refractivity (Wildman–Crippen MR) is 105 cm³/mol. The van der Waals surface area contributed by atoms with Crippen LogP contribution in [0.3, 0.4) is 0 Å². The number of amidine groups is 1. The van der Waals surface area contributed by atoms with Crippen LogP contribution in [0.1, 0.15) is 5.69 Å². The van der Waals surface area contributed by atoms with Crippen LogP contribution in [0.4, 0.5) is 4.79 Å². The minimum atomic E-state index is -0.839. The molecule has 2 aliphatic rings. The molecule has 0 spiro atoms. The fourth-order valence-corrected chi connectivity index (χ4v) is 3.28. The first-order chi connectivity index (χ1) is 14.3. The van der Waals surface area contributed by atoms with E-state index >= 15 is 0 Å². The molecule has 0 bridgehead atoms. The van der Waals surface area contributed by atoms with Crippen LogP contribution in [-0.2, 0) is 20.9 Å². The van der Waals surface area contributed by atoms with Gasteiger partial charge in [0.25, 0.3) is 24.1 Å². The van der Waals surface area contributed by atoms with Crippen LogP contribution in [-0.4, -0.2) is 76.3 Å². The molecule has 1 atom stereocenters. The van der Waals surface area contributed by atoms with E-state index in [1.807, 2.05) is 0 Å². The minimum Gasteiger partial charge on any atom is -0.456 e. The van der Waals surface area contributed by atoms with Gasteiger partial charge in [0.2, 0.25) is 0 Å². The Morgan fingerprint density at radius 2 is 1.97 bits per heavy atom. The van der Waals surface area contributed by atoms with E-state index in [0.29, 0.717) is 16.5 Å². The standard InChI is InChI=1S/C19H17ClN5O5/c1-23-17-16(18(27)24(2)19(23)28)25(10-21-17)8-15(26)29-9-13-7-14(30-22-13)11-3-5-12(20)6-4-11/h3-7,10,16H,8-9H2,1-2H3/q+1. The summed E-state index contributed by atoms with van der Waals surface area (Å²) in [7, 11) is 2.91. The second-order valence-corrected chi connectivity index (χ2v) is 7.20. The van der Waals surface area contributed by atoms with Crippen molar-refractivity contribution in [1.29, 1.82) is 0 Å². The Kier molecular flexibility index (Phi) is 5.08. The number of aromatic nitrogens is 1. The van der Waals surface area contributed by atoms with E-state index < -0.39 is 23.9 Å². The van der Waals surface area contributed by atoms with Crippen LogP contribution in [0.5, 0.6) is 0 Å². The maximum Gasteiger partial charge on any atom is 0.348 e. The van der Waals surface area contributed by atoms with Crippen LogP contribution in [0, 0.1) is 0 Å². The third-order valence-corrected chi connectivity index (χ3v) is 5.03. The second kappa shape index (κ2) is 7.71. The molecule has 3 amide bonds. The molecular formula is C19H17ClN5O5+. The molecule has 2 aliphatic heterocycles. The maximum absolute atomic E-state index is 12.4. The number of ether oxygens (including phenoxy) is 1.